The van der Waals surface area contributed by atoms with Crippen molar-refractivity contribution in [3.8, 4) is 0 Å². The predicted molar refractivity (Wildman–Crippen MR) is 92.0 cm³/mol. The van der Waals surface area contributed by atoms with Gasteiger partial charge in [0.05, 0.1) is 21.7 Å². The van der Waals surface area contributed by atoms with Crippen LogP contribution in [-0.2, 0) is 4.79 Å². The molecule has 25 heavy (non-hydrogen) atoms. The highest BCUT2D eigenvalue weighted by molar-refractivity contribution is 6.34. The summed E-state index contributed by atoms with van der Waals surface area (Å²) in [6, 6.07) is 8.25. The van der Waals surface area contributed by atoms with Gasteiger partial charge in [-0.25, -0.2) is 0 Å². The number of carbonyl (C=O) groups excluding carboxylic acids is 1. The molecule has 1 amide bonds. The number of nitrogens with one attached hydrogen (secondary N) is 3. The van der Waals surface area contributed by atoms with E-state index in [0.717, 1.165) is 5.52 Å². The Morgan fingerprint density at radius 2 is 2.12 bits per heavy atom. The van der Waals surface area contributed by atoms with Gasteiger partial charge in [0.15, 0.2) is 0 Å². The Bertz CT molecular complexity index is 1070. The van der Waals surface area contributed by atoms with Crippen molar-refractivity contribution in [3.05, 3.63) is 57.8 Å². The first kappa shape index (κ1) is 14.8. The number of aromatic amines is 1. The molecule has 0 saturated carbocycles. The first-order valence-corrected chi connectivity index (χ1v) is 7.42. The maximum absolute atomic E-state index is 12.3. The molecule has 0 unspecified atom stereocenters. The highest BCUT2D eigenvalue weighted by Gasteiger charge is 2.27. The predicted octanol–water partition coefficient (Wildman–Crippen LogP) is 2.58. The largest absolute Gasteiger partial charge is 0.361 e. The zero-order chi connectivity index (χ0) is 17.6. The smallest absolute Gasteiger partial charge is 0.272 e. The van der Waals surface area contributed by atoms with Crippen molar-refractivity contribution in [2.75, 3.05) is 10.6 Å². The Balaban J connectivity index is 1.71. The maximum atomic E-state index is 12.3. The van der Waals surface area contributed by atoms with E-state index in [1.54, 1.807) is 37.4 Å². The molecule has 1 aromatic heterocycles. The van der Waals surface area contributed by atoms with E-state index in [4.69, 9.17) is 0 Å². The number of aryl methyl sites for hydroxylation is 1. The van der Waals surface area contributed by atoms with Gasteiger partial charge < -0.3 is 10.6 Å². The van der Waals surface area contributed by atoms with Crippen molar-refractivity contribution in [1.82, 2.24) is 15.4 Å². The van der Waals surface area contributed by atoms with Gasteiger partial charge in [-0.1, -0.05) is 5.21 Å². The van der Waals surface area contributed by atoms with Crippen LogP contribution in [-0.4, -0.2) is 26.2 Å². The van der Waals surface area contributed by atoms with Gasteiger partial charge in [0.2, 0.25) is 0 Å². The number of carbonyl (C=O) groups is 1. The second kappa shape index (κ2) is 5.41. The van der Waals surface area contributed by atoms with Gasteiger partial charge in [0.1, 0.15) is 5.52 Å². The zero-order valence-corrected chi connectivity index (χ0v) is 13.0. The zero-order valence-electron chi connectivity index (χ0n) is 13.0. The van der Waals surface area contributed by atoms with Gasteiger partial charge >= 0.3 is 0 Å². The van der Waals surface area contributed by atoms with Crippen molar-refractivity contribution < 1.29 is 9.72 Å². The van der Waals surface area contributed by atoms with Crippen LogP contribution in [0.5, 0.6) is 0 Å². The van der Waals surface area contributed by atoms with E-state index in [1.165, 1.54) is 6.07 Å². The van der Waals surface area contributed by atoms with Gasteiger partial charge in [0, 0.05) is 29.1 Å². The number of rotatable bonds is 3. The fourth-order valence-electron chi connectivity index (χ4n) is 2.84. The van der Waals surface area contributed by atoms with Gasteiger partial charge in [-0.05, 0) is 31.2 Å². The molecular formula is C16H12N6O3. The minimum atomic E-state index is -0.431. The molecule has 0 atom stereocenters. The lowest BCUT2D eigenvalue weighted by Crippen LogP contribution is -2.05. The molecule has 1 aliphatic heterocycles. The molecule has 0 saturated heterocycles. The van der Waals surface area contributed by atoms with Crippen LogP contribution < -0.4 is 10.6 Å². The standard InChI is InChI=1S/C16H12N6O3/c1-8-6-9(2-5-13(8)22(24)25)17-7-10-14-11(18-16(10)23)3-4-12-15(14)20-21-19-12/h2-7,17H,1H3,(H,18,23)(H,19,20,21). The lowest BCUT2D eigenvalue weighted by atomic mass is 10.1. The summed E-state index contributed by atoms with van der Waals surface area (Å²) in [5.41, 5.74) is 4.31. The van der Waals surface area contributed by atoms with Gasteiger partial charge in [-0.3, -0.25) is 20.0 Å². The molecule has 9 heteroatoms. The minimum Gasteiger partial charge on any atom is -0.361 e. The average Bonchev–Trinajstić information content (AvgIpc) is 3.15. The van der Waals surface area contributed by atoms with Crippen molar-refractivity contribution >= 4 is 39.6 Å². The SMILES string of the molecule is Cc1cc(NC=C2C(=O)Nc3ccc4[nH]nnc4c32)ccc1[N+](=O)[O-]. The molecule has 124 valence electrons. The number of fused-ring (bicyclic) bond motifs is 3. The number of nitrogens with zero attached hydrogens (tertiary/aromatic N) is 3. The highest BCUT2D eigenvalue weighted by Crippen LogP contribution is 2.36. The number of benzene rings is 2. The summed E-state index contributed by atoms with van der Waals surface area (Å²) in [5.74, 6) is -0.253. The first-order chi connectivity index (χ1) is 12.0. The number of aromatic nitrogens is 3. The van der Waals surface area contributed by atoms with Crippen molar-refractivity contribution in [1.29, 1.82) is 0 Å². The van der Waals surface area contributed by atoms with Gasteiger partial charge in [0.25, 0.3) is 11.6 Å². The summed E-state index contributed by atoms with van der Waals surface area (Å²) in [6.07, 6.45) is 1.57. The van der Waals surface area contributed by atoms with Gasteiger partial charge in [-0.15, -0.1) is 5.10 Å². The molecule has 0 bridgehead atoms. The molecule has 0 radical (unpaired) electrons. The Labute approximate surface area is 140 Å². The number of hydrogen-bond donors (Lipinski definition) is 3. The van der Waals surface area contributed by atoms with Crippen molar-refractivity contribution in [2.45, 2.75) is 6.92 Å². The van der Waals surface area contributed by atoms with Crippen LogP contribution in [0.25, 0.3) is 16.6 Å². The fraction of sp³-hybridized carbons (Fsp3) is 0.0625. The maximum Gasteiger partial charge on any atom is 0.272 e. The quantitative estimate of drug-likeness (QED) is 0.383. The molecule has 0 spiro atoms. The van der Waals surface area contributed by atoms with E-state index >= 15 is 0 Å². The van der Waals surface area contributed by atoms with E-state index in [9.17, 15) is 14.9 Å². The van der Waals surface area contributed by atoms with E-state index in [-0.39, 0.29) is 11.6 Å². The summed E-state index contributed by atoms with van der Waals surface area (Å²) >= 11 is 0. The van der Waals surface area contributed by atoms with E-state index in [0.29, 0.717) is 33.6 Å². The van der Waals surface area contributed by atoms with Crippen LogP contribution in [0, 0.1) is 17.0 Å². The normalized spacial score (nSPS) is 14.6. The van der Waals surface area contributed by atoms with E-state index in [1.807, 2.05) is 0 Å². The molecular weight excluding hydrogens is 324 g/mol. The van der Waals surface area contributed by atoms with Crippen LogP contribution in [0.15, 0.2) is 36.5 Å². The van der Waals surface area contributed by atoms with Crippen LogP contribution >= 0.6 is 0 Å². The number of nitro benzene ring substituents is 1. The molecule has 2 aromatic carbocycles. The highest BCUT2D eigenvalue weighted by atomic mass is 16.6. The summed E-state index contributed by atoms with van der Waals surface area (Å²) in [6.45, 7) is 1.66. The Hall–Kier alpha value is -3.75. The van der Waals surface area contributed by atoms with Crippen LogP contribution in [0.1, 0.15) is 11.1 Å². The lowest BCUT2D eigenvalue weighted by Gasteiger charge is -2.04. The van der Waals surface area contributed by atoms with E-state index in [2.05, 4.69) is 26.0 Å². The number of H-pyrrole nitrogens is 1. The fourth-order valence-corrected chi connectivity index (χ4v) is 2.84. The number of anilines is 2. The topological polar surface area (TPSA) is 126 Å². The van der Waals surface area contributed by atoms with Crippen molar-refractivity contribution in [3.63, 3.8) is 0 Å². The summed E-state index contributed by atoms with van der Waals surface area (Å²) < 4.78 is 0. The van der Waals surface area contributed by atoms with Crippen LogP contribution in [0.2, 0.25) is 0 Å². The lowest BCUT2D eigenvalue weighted by molar-refractivity contribution is -0.385. The molecule has 1 aliphatic rings. The molecule has 0 aliphatic carbocycles. The van der Waals surface area contributed by atoms with E-state index < -0.39 is 4.92 Å². The monoisotopic (exact) mass is 336 g/mol. The first-order valence-electron chi connectivity index (χ1n) is 7.42. The molecule has 0 fully saturated rings. The average molecular weight is 336 g/mol. The third-order valence-corrected chi connectivity index (χ3v) is 4.04. The Morgan fingerprint density at radius 3 is 2.88 bits per heavy atom. The summed E-state index contributed by atoms with van der Waals surface area (Å²) in [7, 11) is 0. The minimum absolute atomic E-state index is 0.0477. The third-order valence-electron chi connectivity index (χ3n) is 4.04. The molecule has 9 nitrogen and oxygen atoms in total. The van der Waals surface area contributed by atoms with Gasteiger partial charge in [-0.2, -0.15) is 0 Å². The summed E-state index contributed by atoms with van der Waals surface area (Å²) in [4.78, 5) is 22.7. The second-order valence-electron chi connectivity index (χ2n) is 5.61. The Kier molecular flexibility index (Phi) is 3.21. The molecule has 2 heterocycles. The molecule has 4 rings (SSSR count). The van der Waals surface area contributed by atoms with Crippen molar-refractivity contribution in [2.24, 2.45) is 0 Å². The van der Waals surface area contributed by atoms with Crippen LogP contribution in [0.4, 0.5) is 17.1 Å². The second-order valence-corrected chi connectivity index (χ2v) is 5.61. The summed E-state index contributed by atoms with van der Waals surface area (Å²) in [5, 5.41) is 27.3. The number of hydrogen-bond acceptors (Lipinski definition) is 6. The number of nitro groups is 1. The molecule has 3 N–H and O–H groups in total. The molecule has 3 aromatic rings. The Morgan fingerprint density at radius 1 is 1.28 bits per heavy atom. The number of amides is 1. The van der Waals surface area contributed by atoms with Crippen LogP contribution in [0.3, 0.4) is 0 Å². The third kappa shape index (κ3) is 2.38.